The fourth-order valence-corrected chi connectivity index (χ4v) is 1.93. The first-order valence-corrected chi connectivity index (χ1v) is 7.87. The Kier molecular flexibility index (Phi) is 9.98. The van der Waals surface area contributed by atoms with E-state index in [2.05, 4.69) is 31.3 Å². The van der Waals surface area contributed by atoms with Crippen LogP contribution in [0.1, 0.15) is 45.1 Å². The van der Waals surface area contributed by atoms with Crippen molar-refractivity contribution in [3.05, 3.63) is 29.8 Å². The molecule has 20 heavy (non-hydrogen) atoms. The lowest BCUT2D eigenvalue weighted by Crippen LogP contribution is -2.14. The molecule has 0 atom stereocenters. The lowest BCUT2D eigenvalue weighted by molar-refractivity contribution is 0.0973. The van der Waals surface area contributed by atoms with Crippen molar-refractivity contribution in [3.8, 4) is 5.75 Å². The summed E-state index contributed by atoms with van der Waals surface area (Å²) in [5.41, 5.74) is 1.26. The van der Waals surface area contributed by atoms with Gasteiger partial charge in [0, 0.05) is 13.2 Å². The maximum absolute atomic E-state index is 5.71. The van der Waals surface area contributed by atoms with Gasteiger partial charge in [-0.25, -0.2) is 0 Å². The molecular formula is C17H29NO2. The highest BCUT2D eigenvalue weighted by molar-refractivity contribution is 5.28. The molecule has 3 nitrogen and oxygen atoms in total. The van der Waals surface area contributed by atoms with E-state index in [9.17, 15) is 0 Å². The maximum Gasteiger partial charge on any atom is 0.119 e. The van der Waals surface area contributed by atoms with E-state index in [0.29, 0.717) is 13.2 Å². The molecule has 0 saturated carbocycles. The fraction of sp³-hybridized carbons (Fsp3) is 0.647. The summed E-state index contributed by atoms with van der Waals surface area (Å²) in [6, 6.07) is 8.26. The number of hydrogen-bond acceptors (Lipinski definition) is 3. The van der Waals surface area contributed by atoms with Gasteiger partial charge in [-0.05, 0) is 37.1 Å². The highest BCUT2D eigenvalue weighted by Crippen LogP contribution is 2.13. The number of ether oxygens (including phenoxy) is 2. The summed E-state index contributed by atoms with van der Waals surface area (Å²) in [5.74, 6) is 0.929. The van der Waals surface area contributed by atoms with Crippen LogP contribution in [-0.2, 0) is 11.3 Å². The normalized spacial score (nSPS) is 10.7. The summed E-state index contributed by atoms with van der Waals surface area (Å²) in [7, 11) is 0. The van der Waals surface area contributed by atoms with Gasteiger partial charge in [0.05, 0.1) is 6.61 Å². The summed E-state index contributed by atoms with van der Waals surface area (Å²) < 4.78 is 11.2. The first-order valence-electron chi connectivity index (χ1n) is 7.87. The largest absolute Gasteiger partial charge is 0.491 e. The first-order chi connectivity index (χ1) is 9.86. The lowest BCUT2D eigenvalue weighted by Gasteiger charge is -2.09. The van der Waals surface area contributed by atoms with E-state index >= 15 is 0 Å². The maximum atomic E-state index is 5.71. The van der Waals surface area contributed by atoms with E-state index in [1.165, 1.54) is 18.4 Å². The molecule has 0 aromatic heterocycles. The van der Waals surface area contributed by atoms with Gasteiger partial charge in [0.1, 0.15) is 12.4 Å². The van der Waals surface area contributed by atoms with Crippen molar-refractivity contribution in [1.82, 2.24) is 5.32 Å². The van der Waals surface area contributed by atoms with Crippen molar-refractivity contribution >= 4 is 0 Å². The number of hydrogen-bond donors (Lipinski definition) is 1. The molecule has 0 fully saturated rings. The van der Waals surface area contributed by atoms with Crippen molar-refractivity contribution < 1.29 is 9.47 Å². The molecule has 0 spiro atoms. The zero-order chi connectivity index (χ0) is 14.5. The van der Waals surface area contributed by atoms with Gasteiger partial charge in [-0.15, -0.1) is 0 Å². The van der Waals surface area contributed by atoms with Crippen molar-refractivity contribution in [2.45, 2.75) is 46.1 Å². The average Bonchev–Trinajstić information content (AvgIpc) is 2.47. The molecule has 0 aliphatic heterocycles. The zero-order valence-electron chi connectivity index (χ0n) is 13.0. The van der Waals surface area contributed by atoms with Gasteiger partial charge in [0.25, 0.3) is 0 Å². The third kappa shape index (κ3) is 8.18. The van der Waals surface area contributed by atoms with Gasteiger partial charge >= 0.3 is 0 Å². The number of nitrogens with one attached hydrogen (secondary N) is 1. The zero-order valence-corrected chi connectivity index (χ0v) is 13.0. The van der Waals surface area contributed by atoms with Crippen LogP contribution >= 0.6 is 0 Å². The van der Waals surface area contributed by atoms with Crippen LogP contribution < -0.4 is 10.1 Å². The van der Waals surface area contributed by atoms with Crippen LogP contribution in [0.15, 0.2) is 24.3 Å². The minimum absolute atomic E-state index is 0.623. The second-order valence-electron chi connectivity index (χ2n) is 4.99. The monoisotopic (exact) mass is 279 g/mol. The molecule has 3 heteroatoms. The molecule has 1 N–H and O–H groups in total. The van der Waals surface area contributed by atoms with Crippen molar-refractivity contribution in [1.29, 1.82) is 0 Å². The van der Waals surface area contributed by atoms with Gasteiger partial charge in [0.15, 0.2) is 0 Å². The molecule has 0 unspecified atom stereocenters. The van der Waals surface area contributed by atoms with Gasteiger partial charge in [-0.3, -0.25) is 0 Å². The van der Waals surface area contributed by atoms with Crippen LogP contribution in [-0.4, -0.2) is 26.4 Å². The van der Waals surface area contributed by atoms with Crippen LogP contribution in [0.4, 0.5) is 0 Å². The summed E-state index contributed by atoms with van der Waals surface area (Å²) in [6.07, 6.45) is 4.78. The van der Waals surface area contributed by atoms with Crippen LogP contribution in [0, 0.1) is 0 Å². The topological polar surface area (TPSA) is 30.5 Å². The van der Waals surface area contributed by atoms with Crippen molar-refractivity contribution in [3.63, 3.8) is 0 Å². The SMILES string of the molecule is CCCCCOCCOc1cccc(CNCCC)c1. The predicted octanol–water partition coefficient (Wildman–Crippen LogP) is 3.77. The summed E-state index contributed by atoms with van der Waals surface area (Å²) >= 11 is 0. The first kappa shape index (κ1) is 17.0. The minimum atomic E-state index is 0.623. The van der Waals surface area contributed by atoms with E-state index < -0.39 is 0 Å². The van der Waals surface area contributed by atoms with E-state index in [1.54, 1.807) is 0 Å². The molecule has 0 amide bonds. The Labute approximate surface area is 123 Å². The molecule has 0 aliphatic rings. The van der Waals surface area contributed by atoms with E-state index in [4.69, 9.17) is 9.47 Å². The molecule has 1 rings (SSSR count). The van der Waals surface area contributed by atoms with Crippen molar-refractivity contribution in [2.24, 2.45) is 0 Å². The van der Waals surface area contributed by atoms with Gasteiger partial charge < -0.3 is 14.8 Å². The van der Waals surface area contributed by atoms with E-state index in [1.807, 2.05) is 12.1 Å². The smallest absolute Gasteiger partial charge is 0.119 e. The van der Waals surface area contributed by atoms with Gasteiger partial charge in [0.2, 0.25) is 0 Å². The van der Waals surface area contributed by atoms with E-state index in [-0.39, 0.29) is 0 Å². The number of unbranched alkanes of at least 4 members (excludes halogenated alkanes) is 2. The molecule has 0 bridgehead atoms. The summed E-state index contributed by atoms with van der Waals surface area (Å²) in [4.78, 5) is 0. The number of benzene rings is 1. The number of rotatable bonds is 12. The molecule has 114 valence electrons. The Balaban J connectivity index is 2.14. The second-order valence-corrected chi connectivity index (χ2v) is 4.99. The highest BCUT2D eigenvalue weighted by atomic mass is 16.5. The van der Waals surface area contributed by atoms with Crippen molar-refractivity contribution in [2.75, 3.05) is 26.4 Å². The van der Waals surface area contributed by atoms with Crippen LogP contribution in [0.25, 0.3) is 0 Å². The summed E-state index contributed by atoms with van der Waals surface area (Å²) in [5, 5.41) is 3.39. The standard InChI is InChI=1S/C17H29NO2/c1-3-5-6-11-19-12-13-20-17-9-7-8-16(14-17)15-18-10-4-2/h7-9,14,18H,3-6,10-13,15H2,1-2H3. The van der Waals surface area contributed by atoms with E-state index in [0.717, 1.165) is 38.3 Å². The average molecular weight is 279 g/mol. The Hall–Kier alpha value is -1.06. The molecule has 0 aliphatic carbocycles. The second kappa shape index (κ2) is 11.7. The molecule has 0 heterocycles. The quantitative estimate of drug-likeness (QED) is 0.591. The Morgan fingerprint density at radius 3 is 2.70 bits per heavy atom. The van der Waals surface area contributed by atoms with Gasteiger partial charge in [-0.1, -0.05) is 38.8 Å². The molecular weight excluding hydrogens is 250 g/mol. The Bertz CT molecular complexity index is 342. The van der Waals surface area contributed by atoms with Crippen LogP contribution in [0.3, 0.4) is 0 Å². The lowest BCUT2D eigenvalue weighted by atomic mass is 10.2. The molecule has 1 aromatic carbocycles. The highest BCUT2D eigenvalue weighted by Gasteiger charge is 1.97. The molecule has 0 radical (unpaired) electrons. The van der Waals surface area contributed by atoms with Crippen LogP contribution in [0.2, 0.25) is 0 Å². The third-order valence-corrected chi connectivity index (χ3v) is 3.04. The molecule has 0 saturated heterocycles. The van der Waals surface area contributed by atoms with Crippen LogP contribution in [0.5, 0.6) is 5.75 Å². The third-order valence-electron chi connectivity index (χ3n) is 3.04. The van der Waals surface area contributed by atoms with Gasteiger partial charge in [-0.2, -0.15) is 0 Å². The minimum Gasteiger partial charge on any atom is -0.491 e. The predicted molar refractivity (Wildman–Crippen MR) is 84.3 cm³/mol. The Morgan fingerprint density at radius 2 is 1.90 bits per heavy atom. The fourth-order valence-electron chi connectivity index (χ4n) is 1.93. The summed E-state index contributed by atoms with van der Waals surface area (Å²) in [6.45, 7) is 8.46. The Morgan fingerprint density at radius 1 is 1.00 bits per heavy atom. The molecule has 1 aromatic rings.